The highest BCUT2D eigenvalue weighted by molar-refractivity contribution is 8.00. The van der Waals surface area contributed by atoms with Gasteiger partial charge in [0.05, 0.1) is 16.5 Å². The number of para-hydroxylation sites is 2. The summed E-state index contributed by atoms with van der Waals surface area (Å²) in [6, 6.07) is 12.0. The molecule has 146 valence electrons. The number of amides is 1. The van der Waals surface area contributed by atoms with Gasteiger partial charge in [-0.2, -0.15) is 8.78 Å². The summed E-state index contributed by atoms with van der Waals surface area (Å²) in [5.41, 5.74) is 0.388. The Morgan fingerprint density at radius 3 is 2.64 bits per heavy atom. The summed E-state index contributed by atoms with van der Waals surface area (Å²) in [7, 11) is 0. The van der Waals surface area contributed by atoms with E-state index in [1.807, 2.05) is 0 Å². The molecule has 1 heterocycles. The van der Waals surface area contributed by atoms with E-state index in [0.29, 0.717) is 0 Å². The third-order valence-corrected chi connectivity index (χ3v) is 4.57. The molecule has 10 heteroatoms. The molecule has 1 atom stereocenters. The molecule has 3 aromatic rings. The van der Waals surface area contributed by atoms with E-state index in [1.165, 1.54) is 24.3 Å². The van der Waals surface area contributed by atoms with Gasteiger partial charge in [0.1, 0.15) is 11.6 Å². The third-order valence-electron chi connectivity index (χ3n) is 3.61. The highest BCUT2D eigenvalue weighted by Gasteiger charge is 2.20. The number of carbonyl (C=O) groups excluding carboxylic acids is 1. The summed E-state index contributed by atoms with van der Waals surface area (Å²) in [5, 5.41) is 8.75. The van der Waals surface area contributed by atoms with Crippen LogP contribution in [0.15, 0.2) is 53.7 Å². The Balaban J connectivity index is 1.67. The Hall–Kier alpha value is -3.01. The van der Waals surface area contributed by atoms with E-state index in [-0.39, 0.29) is 28.0 Å². The number of halogens is 3. The lowest BCUT2D eigenvalue weighted by Crippen LogP contribution is -2.23. The largest absolute Gasteiger partial charge is 0.433 e. The standard InChI is InChI=1S/C18H15F3N4O2S/c1-10(16(26)22-13-8-4-5-9-14(13)27-17(20)21)28-18-23-15(24-25-18)11-6-2-3-7-12(11)19/h2-10,17H,1H3,(H,22,26)(H,23,24,25)/t10-/m1/s1. The minimum Gasteiger partial charge on any atom is -0.433 e. The van der Waals surface area contributed by atoms with Crippen LogP contribution < -0.4 is 10.1 Å². The van der Waals surface area contributed by atoms with Crippen LogP contribution in [0.2, 0.25) is 0 Å². The number of nitrogens with zero attached hydrogens (tertiary/aromatic N) is 2. The number of ether oxygens (including phenoxy) is 1. The SMILES string of the molecule is C[C@@H](Sc1n[nH]c(-c2ccccc2F)n1)C(=O)Nc1ccccc1OC(F)F. The molecular formula is C18H15F3N4O2S. The molecule has 0 saturated carbocycles. The second-order valence-corrected chi connectivity index (χ2v) is 6.88. The van der Waals surface area contributed by atoms with Crippen molar-refractivity contribution in [2.75, 3.05) is 5.32 Å². The third kappa shape index (κ3) is 4.83. The summed E-state index contributed by atoms with van der Waals surface area (Å²) in [6.07, 6.45) is 0. The van der Waals surface area contributed by atoms with Crippen molar-refractivity contribution in [3.63, 3.8) is 0 Å². The van der Waals surface area contributed by atoms with E-state index in [4.69, 9.17) is 0 Å². The quantitative estimate of drug-likeness (QED) is 0.569. The lowest BCUT2D eigenvalue weighted by molar-refractivity contribution is -0.115. The average Bonchev–Trinajstić information content (AvgIpc) is 3.11. The van der Waals surface area contributed by atoms with Gasteiger partial charge in [-0.3, -0.25) is 9.89 Å². The van der Waals surface area contributed by atoms with Crippen molar-refractivity contribution in [2.45, 2.75) is 23.9 Å². The van der Waals surface area contributed by atoms with Crippen LogP contribution in [0.5, 0.6) is 5.75 Å². The van der Waals surface area contributed by atoms with Crippen molar-refractivity contribution >= 4 is 23.4 Å². The monoisotopic (exact) mass is 408 g/mol. The first-order chi connectivity index (χ1) is 13.4. The van der Waals surface area contributed by atoms with E-state index in [1.54, 1.807) is 31.2 Å². The second-order valence-electron chi connectivity index (χ2n) is 5.57. The molecule has 0 spiro atoms. The fraction of sp³-hybridized carbons (Fsp3) is 0.167. The Labute approximate surface area is 162 Å². The minimum atomic E-state index is -3.00. The van der Waals surface area contributed by atoms with Gasteiger partial charge in [0, 0.05) is 0 Å². The Kier molecular flexibility index (Phi) is 6.19. The highest BCUT2D eigenvalue weighted by Crippen LogP contribution is 2.28. The zero-order chi connectivity index (χ0) is 20.1. The number of benzene rings is 2. The van der Waals surface area contributed by atoms with Crippen LogP contribution in [0.25, 0.3) is 11.4 Å². The van der Waals surface area contributed by atoms with Gasteiger partial charge in [-0.05, 0) is 31.2 Å². The van der Waals surface area contributed by atoms with Crippen LogP contribution in [0, 0.1) is 5.82 Å². The minimum absolute atomic E-state index is 0.127. The van der Waals surface area contributed by atoms with E-state index < -0.39 is 23.6 Å². The zero-order valence-corrected chi connectivity index (χ0v) is 15.3. The number of thioether (sulfide) groups is 1. The summed E-state index contributed by atoms with van der Waals surface area (Å²) in [4.78, 5) is 16.6. The maximum absolute atomic E-state index is 13.8. The first-order valence-electron chi connectivity index (χ1n) is 8.12. The predicted molar refractivity (Wildman–Crippen MR) is 98.8 cm³/mol. The van der Waals surface area contributed by atoms with Crippen molar-refractivity contribution in [2.24, 2.45) is 0 Å². The van der Waals surface area contributed by atoms with Crippen molar-refractivity contribution in [1.82, 2.24) is 15.2 Å². The summed E-state index contributed by atoms with van der Waals surface area (Å²) in [6.45, 7) is -1.40. The van der Waals surface area contributed by atoms with Crippen LogP contribution >= 0.6 is 11.8 Å². The van der Waals surface area contributed by atoms with E-state index >= 15 is 0 Å². The maximum Gasteiger partial charge on any atom is 0.387 e. The number of alkyl halides is 2. The van der Waals surface area contributed by atoms with Crippen LogP contribution in [0.1, 0.15) is 6.92 Å². The molecule has 0 aliphatic heterocycles. The number of H-pyrrole nitrogens is 1. The maximum atomic E-state index is 13.8. The lowest BCUT2D eigenvalue weighted by atomic mass is 10.2. The summed E-state index contributed by atoms with van der Waals surface area (Å²) >= 11 is 1.04. The van der Waals surface area contributed by atoms with E-state index in [9.17, 15) is 18.0 Å². The van der Waals surface area contributed by atoms with Gasteiger partial charge in [0.15, 0.2) is 5.82 Å². The summed E-state index contributed by atoms with van der Waals surface area (Å²) < 4.78 is 43.1. The van der Waals surface area contributed by atoms with Crippen molar-refractivity contribution in [3.8, 4) is 17.1 Å². The Morgan fingerprint density at radius 2 is 1.89 bits per heavy atom. The van der Waals surface area contributed by atoms with Gasteiger partial charge in [0.2, 0.25) is 11.1 Å². The molecule has 1 amide bonds. The first kappa shape index (κ1) is 19.7. The van der Waals surface area contributed by atoms with Gasteiger partial charge in [0.25, 0.3) is 0 Å². The van der Waals surface area contributed by atoms with Gasteiger partial charge >= 0.3 is 6.61 Å². The number of anilines is 1. The average molecular weight is 408 g/mol. The van der Waals surface area contributed by atoms with Crippen molar-refractivity contribution < 1.29 is 22.7 Å². The van der Waals surface area contributed by atoms with Crippen LogP contribution in [-0.2, 0) is 4.79 Å². The Morgan fingerprint density at radius 1 is 1.18 bits per heavy atom. The molecule has 0 bridgehead atoms. The number of rotatable bonds is 7. The van der Waals surface area contributed by atoms with Gasteiger partial charge in [-0.25, -0.2) is 9.37 Å². The molecule has 0 aliphatic carbocycles. The fourth-order valence-electron chi connectivity index (χ4n) is 2.29. The van der Waals surface area contributed by atoms with Crippen LogP contribution in [-0.4, -0.2) is 32.9 Å². The molecule has 2 N–H and O–H groups in total. The van der Waals surface area contributed by atoms with Gasteiger partial charge in [-0.15, -0.1) is 5.10 Å². The van der Waals surface area contributed by atoms with Gasteiger partial charge < -0.3 is 10.1 Å². The van der Waals surface area contributed by atoms with E-state index in [2.05, 4.69) is 25.2 Å². The molecule has 0 fully saturated rings. The molecule has 0 aliphatic rings. The number of aromatic nitrogens is 3. The molecule has 1 aromatic heterocycles. The first-order valence-corrected chi connectivity index (χ1v) is 9.00. The smallest absolute Gasteiger partial charge is 0.387 e. The molecule has 0 unspecified atom stereocenters. The topological polar surface area (TPSA) is 79.9 Å². The van der Waals surface area contributed by atoms with Crippen molar-refractivity contribution in [1.29, 1.82) is 0 Å². The van der Waals surface area contributed by atoms with Gasteiger partial charge in [-0.1, -0.05) is 36.0 Å². The fourth-order valence-corrected chi connectivity index (χ4v) is 3.01. The molecule has 6 nitrogen and oxygen atoms in total. The van der Waals surface area contributed by atoms with Crippen LogP contribution in [0.3, 0.4) is 0 Å². The lowest BCUT2D eigenvalue weighted by Gasteiger charge is -2.14. The Bertz CT molecular complexity index is 967. The molecule has 0 radical (unpaired) electrons. The number of nitrogens with one attached hydrogen (secondary N) is 2. The molecule has 0 saturated heterocycles. The van der Waals surface area contributed by atoms with Crippen molar-refractivity contribution in [3.05, 3.63) is 54.3 Å². The molecular weight excluding hydrogens is 393 g/mol. The number of aromatic amines is 1. The predicted octanol–water partition coefficient (Wildman–Crippen LogP) is 4.33. The van der Waals surface area contributed by atoms with E-state index in [0.717, 1.165) is 11.8 Å². The molecule has 3 rings (SSSR count). The highest BCUT2D eigenvalue weighted by atomic mass is 32.2. The number of hydrogen-bond donors (Lipinski definition) is 2. The summed E-state index contributed by atoms with van der Waals surface area (Å²) in [5.74, 6) is -0.796. The second kappa shape index (κ2) is 8.79. The molecule has 2 aromatic carbocycles. The number of hydrogen-bond acceptors (Lipinski definition) is 5. The molecule has 28 heavy (non-hydrogen) atoms. The zero-order valence-electron chi connectivity index (χ0n) is 14.5. The number of carbonyl (C=O) groups is 1. The normalized spacial score (nSPS) is 12.0. The van der Waals surface area contributed by atoms with Crippen LogP contribution in [0.4, 0.5) is 18.9 Å².